The molecule has 0 spiro atoms. The van der Waals surface area contributed by atoms with E-state index in [1.54, 1.807) is 33.0 Å². The van der Waals surface area contributed by atoms with E-state index in [0.717, 1.165) is 16.8 Å². The molecule has 3 aromatic heterocycles. The zero-order valence-electron chi connectivity index (χ0n) is 17.4. The molecule has 3 aromatic rings. The Labute approximate surface area is 183 Å². The molecule has 31 heavy (non-hydrogen) atoms. The lowest BCUT2D eigenvalue weighted by atomic mass is 10.1. The maximum absolute atomic E-state index is 13.2. The monoisotopic (exact) mass is 443 g/mol. The van der Waals surface area contributed by atoms with Crippen molar-refractivity contribution < 1.29 is 14.3 Å². The Morgan fingerprint density at radius 3 is 2.84 bits per heavy atom. The fraction of sp³-hybridized carbons (Fsp3) is 0.450. The fourth-order valence-corrected chi connectivity index (χ4v) is 4.28. The number of anilines is 1. The van der Waals surface area contributed by atoms with E-state index in [4.69, 9.17) is 10.5 Å². The molecule has 0 bridgehead atoms. The third kappa shape index (κ3) is 4.61. The molecule has 4 heterocycles. The maximum Gasteiger partial charge on any atom is 0.404 e. The minimum absolute atomic E-state index is 0.178. The number of piperidine rings is 1. The summed E-state index contributed by atoms with van der Waals surface area (Å²) >= 11 is 1.54. The summed E-state index contributed by atoms with van der Waals surface area (Å²) in [6.07, 6.45) is 4.55. The molecule has 2 amide bonds. The lowest BCUT2D eigenvalue weighted by Crippen LogP contribution is -2.42. The van der Waals surface area contributed by atoms with E-state index in [9.17, 15) is 9.59 Å². The standard InChI is InChI=1S/C20H25N7O3S/c1-3-12(2)23-16-10-15(18(28)26-6-4-13(5-7-26)30-20(21)29)24-17(25-16)14-11-22-27-8-9-31-19(14)27/h8-13H,3-7H2,1-2H3,(H2,21,29)(H,23,24,25). The van der Waals surface area contributed by atoms with Gasteiger partial charge in [0, 0.05) is 49.6 Å². The van der Waals surface area contributed by atoms with Crippen molar-refractivity contribution >= 4 is 34.0 Å². The Morgan fingerprint density at radius 1 is 1.35 bits per heavy atom. The summed E-state index contributed by atoms with van der Waals surface area (Å²) in [7, 11) is 0. The number of nitrogens with zero attached hydrogens (tertiary/aromatic N) is 5. The first kappa shape index (κ1) is 21.0. The average Bonchev–Trinajstić information content (AvgIpc) is 3.37. The third-order valence-electron chi connectivity index (χ3n) is 5.34. The highest BCUT2D eigenvalue weighted by Crippen LogP contribution is 2.27. The molecule has 3 N–H and O–H groups in total. The third-order valence-corrected chi connectivity index (χ3v) is 6.22. The number of likely N-dealkylation sites (tertiary alicyclic amines) is 1. The van der Waals surface area contributed by atoms with Crippen molar-refractivity contribution in [1.82, 2.24) is 24.5 Å². The lowest BCUT2D eigenvalue weighted by molar-refractivity contribution is 0.0451. The summed E-state index contributed by atoms with van der Waals surface area (Å²) < 4.78 is 6.83. The van der Waals surface area contributed by atoms with Crippen LogP contribution in [-0.4, -0.2) is 61.7 Å². The van der Waals surface area contributed by atoms with E-state index < -0.39 is 6.09 Å². The molecular formula is C20H25N7O3S. The van der Waals surface area contributed by atoms with Crippen molar-refractivity contribution in [2.45, 2.75) is 45.3 Å². The van der Waals surface area contributed by atoms with Gasteiger partial charge in [0.1, 0.15) is 22.4 Å². The summed E-state index contributed by atoms with van der Waals surface area (Å²) in [6.45, 7) is 5.07. The van der Waals surface area contributed by atoms with Gasteiger partial charge in [-0.15, -0.1) is 11.3 Å². The number of rotatable bonds is 6. The number of primary amides is 1. The molecule has 164 valence electrons. The number of thiazole rings is 1. The number of carbonyl (C=O) groups excluding carboxylic acids is 2. The second-order valence-electron chi connectivity index (χ2n) is 7.56. The van der Waals surface area contributed by atoms with Crippen molar-refractivity contribution in [3.05, 3.63) is 29.5 Å². The van der Waals surface area contributed by atoms with Crippen LogP contribution in [0.3, 0.4) is 0 Å². The van der Waals surface area contributed by atoms with Crippen LogP contribution in [-0.2, 0) is 4.74 Å². The van der Waals surface area contributed by atoms with Crippen LogP contribution in [0.4, 0.5) is 10.6 Å². The van der Waals surface area contributed by atoms with Crippen molar-refractivity contribution in [3.63, 3.8) is 0 Å². The van der Waals surface area contributed by atoms with E-state index in [1.165, 1.54) is 0 Å². The molecule has 1 aliphatic rings. The predicted octanol–water partition coefficient (Wildman–Crippen LogP) is 2.76. The highest BCUT2D eigenvalue weighted by atomic mass is 32.1. The number of hydrogen-bond donors (Lipinski definition) is 2. The summed E-state index contributed by atoms with van der Waals surface area (Å²) in [4.78, 5) is 36.1. The molecule has 0 aliphatic carbocycles. The van der Waals surface area contributed by atoms with E-state index in [1.807, 2.05) is 11.6 Å². The number of carbonyl (C=O) groups is 2. The molecule has 0 aromatic carbocycles. The summed E-state index contributed by atoms with van der Waals surface area (Å²) in [5.74, 6) is 0.884. The number of amides is 2. The van der Waals surface area contributed by atoms with Crippen LogP contribution >= 0.6 is 11.3 Å². The highest BCUT2D eigenvalue weighted by molar-refractivity contribution is 7.16. The van der Waals surface area contributed by atoms with Crippen LogP contribution in [0.25, 0.3) is 16.2 Å². The molecule has 10 nitrogen and oxygen atoms in total. The Hall–Kier alpha value is -3.21. The molecular weight excluding hydrogens is 418 g/mol. The zero-order chi connectivity index (χ0) is 22.0. The van der Waals surface area contributed by atoms with Gasteiger partial charge in [0.25, 0.3) is 5.91 Å². The van der Waals surface area contributed by atoms with Gasteiger partial charge in [-0.05, 0) is 13.3 Å². The molecule has 4 rings (SSSR count). The number of nitrogens with two attached hydrogens (primary N) is 1. The number of ether oxygens (including phenoxy) is 1. The Morgan fingerprint density at radius 2 is 2.13 bits per heavy atom. The van der Waals surface area contributed by atoms with Crippen LogP contribution in [0.15, 0.2) is 23.8 Å². The van der Waals surface area contributed by atoms with Crippen molar-refractivity contribution in [2.24, 2.45) is 5.73 Å². The Balaban J connectivity index is 1.62. The van der Waals surface area contributed by atoms with Gasteiger partial charge < -0.3 is 20.7 Å². The van der Waals surface area contributed by atoms with Gasteiger partial charge in [0.2, 0.25) is 0 Å². The summed E-state index contributed by atoms with van der Waals surface area (Å²) in [5, 5.41) is 9.63. The van der Waals surface area contributed by atoms with Gasteiger partial charge in [-0.2, -0.15) is 5.10 Å². The number of aromatic nitrogens is 4. The Kier molecular flexibility index (Phi) is 6.03. The van der Waals surface area contributed by atoms with Crippen LogP contribution < -0.4 is 11.1 Å². The van der Waals surface area contributed by atoms with Crippen molar-refractivity contribution in [1.29, 1.82) is 0 Å². The van der Waals surface area contributed by atoms with Crippen LogP contribution in [0.1, 0.15) is 43.6 Å². The largest absolute Gasteiger partial charge is 0.446 e. The lowest BCUT2D eigenvalue weighted by Gasteiger charge is -2.31. The molecule has 11 heteroatoms. The van der Waals surface area contributed by atoms with Gasteiger partial charge in [0.05, 0.1) is 11.8 Å². The minimum Gasteiger partial charge on any atom is -0.446 e. The SMILES string of the molecule is CCC(C)Nc1cc(C(=O)N2CCC(OC(N)=O)CC2)nc(-c2cnn3ccsc23)n1. The topological polar surface area (TPSA) is 128 Å². The molecule has 1 atom stereocenters. The molecule has 0 saturated carbocycles. The number of nitrogens with one attached hydrogen (secondary N) is 1. The van der Waals surface area contributed by atoms with Crippen LogP contribution in [0, 0.1) is 0 Å². The van der Waals surface area contributed by atoms with Gasteiger partial charge >= 0.3 is 6.09 Å². The first-order chi connectivity index (χ1) is 14.9. The maximum atomic E-state index is 13.2. The molecule has 1 saturated heterocycles. The van der Waals surface area contributed by atoms with Gasteiger partial charge in [-0.25, -0.2) is 19.3 Å². The van der Waals surface area contributed by atoms with Crippen molar-refractivity contribution in [3.8, 4) is 11.4 Å². The van der Waals surface area contributed by atoms with Gasteiger partial charge in [0.15, 0.2) is 5.82 Å². The van der Waals surface area contributed by atoms with E-state index >= 15 is 0 Å². The second kappa shape index (κ2) is 8.88. The van der Waals surface area contributed by atoms with Gasteiger partial charge in [-0.3, -0.25) is 4.79 Å². The fourth-order valence-electron chi connectivity index (χ4n) is 3.49. The summed E-state index contributed by atoms with van der Waals surface area (Å²) in [5.41, 5.74) is 6.20. The van der Waals surface area contributed by atoms with Gasteiger partial charge in [-0.1, -0.05) is 6.92 Å². The van der Waals surface area contributed by atoms with Crippen LogP contribution in [0.2, 0.25) is 0 Å². The quantitative estimate of drug-likeness (QED) is 0.599. The van der Waals surface area contributed by atoms with Crippen molar-refractivity contribution in [2.75, 3.05) is 18.4 Å². The first-order valence-corrected chi connectivity index (χ1v) is 11.1. The zero-order valence-corrected chi connectivity index (χ0v) is 18.3. The molecule has 0 radical (unpaired) electrons. The predicted molar refractivity (Wildman–Crippen MR) is 117 cm³/mol. The molecule has 1 unspecified atom stereocenters. The highest BCUT2D eigenvalue weighted by Gasteiger charge is 2.27. The average molecular weight is 444 g/mol. The first-order valence-electron chi connectivity index (χ1n) is 10.3. The second-order valence-corrected chi connectivity index (χ2v) is 8.45. The molecule has 1 aliphatic heterocycles. The van der Waals surface area contributed by atoms with E-state index in [0.29, 0.717) is 43.3 Å². The van der Waals surface area contributed by atoms with E-state index in [2.05, 4.69) is 34.2 Å². The smallest absolute Gasteiger partial charge is 0.404 e. The van der Waals surface area contributed by atoms with Crippen LogP contribution in [0.5, 0.6) is 0 Å². The Bertz CT molecular complexity index is 1090. The number of hydrogen-bond acceptors (Lipinski definition) is 8. The van der Waals surface area contributed by atoms with E-state index in [-0.39, 0.29) is 18.1 Å². The number of fused-ring (bicyclic) bond motifs is 1. The normalized spacial score (nSPS) is 15.7. The minimum atomic E-state index is -0.785. The summed E-state index contributed by atoms with van der Waals surface area (Å²) in [6, 6.07) is 1.89. The molecule has 1 fully saturated rings.